The molecule has 1 aromatic heterocycles. The summed E-state index contributed by atoms with van der Waals surface area (Å²) in [6.07, 6.45) is 1.82. The van der Waals surface area contributed by atoms with Crippen LogP contribution in [0.4, 0.5) is 0 Å². The van der Waals surface area contributed by atoms with Crippen molar-refractivity contribution in [1.82, 2.24) is 4.98 Å². The summed E-state index contributed by atoms with van der Waals surface area (Å²) in [4.78, 5) is 4.36. The summed E-state index contributed by atoms with van der Waals surface area (Å²) in [5.74, 6) is 0.843. The van der Waals surface area contributed by atoms with Crippen LogP contribution in [-0.2, 0) is 13.2 Å². The minimum Gasteiger partial charge on any atom is -0.489 e. The van der Waals surface area contributed by atoms with Crippen LogP contribution >= 0.6 is 0 Å². The molecule has 0 fully saturated rings. The highest BCUT2D eigenvalue weighted by Gasteiger charge is 2.04. The van der Waals surface area contributed by atoms with Gasteiger partial charge in [-0.05, 0) is 18.2 Å². The molecule has 0 aliphatic rings. The van der Waals surface area contributed by atoms with Gasteiger partial charge in [0.05, 0.1) is 5.52 Å². The molecule has 3 rings (SSSR count). The van der Waals surface area contributed by atoms with Crippen molar-refractivity contribution < 1.29 is 4.74 Å². The van der Waals surface area contributed by atoms with Crippen molar-refractivity contribution in [2.24, 2.45) is 5.73 Å². The lowest BCUT2D eigenvalue weighted by Gasteiger charge is -2.11. The maximum atomic E-state index is 5.91. The second kappa shape index (κ2) is 5.72. The van der Waals surface area contributed by atoms with Gasteiger partial charge in [-0.1, -0.05) is 36.4 Å². The van der Waals surface area contributed by atoms with Gasteiger partial charge >= 0.3 is 0 Å². The third kappa shape index (κ3) is 2.49. The summed E-state index contributed by atoms with van der Waals surface area (Å²) in [5.41, 5.74) is 8.85. The summed E-state index contributed by atoms with van der Waals surface area (Å²) < 4.78 is 5.91. The van der Waals surface area contributed by atoms with Crippen LogP contribution < -0.4 is 10.5 Å². The van der Waals surface area contributed by atoms with E-state index < -0.39 is 0 Å². The molecule has 0 atom stereocenters. The van der Waals surface area contributed by atoms with Gasteiger partial charge in [-0.15, -0.1) is 0 Å². The fourth-order valence-corrected chi connectivity index (χ4v) is 2.25. The van der Waals surface area contributed by atoms with Gasteiger partial charge < -0.3 is 10.5 Å². The minimum absolute atomic E-state index is 0.479. The zero-order valence-electron chi connectivity index (χ0n) is 11.1. The van der Waals surface area contributed by atoms with Crippen molar-refractivity contribution >= 4 is 10.9 Å². The van der Waals surface area contributed by atoms with E-state index in [1.807, 2.05) is 54.7 Å². The largest absolute Gasteiger partial charge is 0.489 e. The van der Waals surface area contributed by atoms with Crippen LogP contribution in [0.15, 0.2) is 60.8 Å². The lowest BCUT2D eigenvalue weighted by molar-refractivity contribution is 0.304. The van der Waals surface area contributed by atoms with E-state index in [9.17, 15) is 0 Å². The summed E-state index contributed by atoms with van der Waals surface area (Å²) in [6.45, 7) is 0.993. The molecule has 0 saturated carbocycles. The Hall–Kier alpha value is -2.39. The van der Waals surface area contributed by atoms with Gasteiger partial charge in [0.15, 0.2) is 0 Å². The molecule has 0 aliphatic carbocycles. The molecule has 100 valence electrons. The number of aromatic nitrogens is 1. The summed E-state index contributed by atoms with van der Waals surface area (Å²) in [6, 6.07) is 17.9. The van der Waals surface area contributed by atoms with Gasteiger partial charge in [0.2, 0.25) is 0 Å². The van der Waals surface area contributed by atoms with Crippen molar-refractivity contribution in [3.05, 3.63) is 71.9 Å². The van der Waals surface area contributed by atoms with Crippen molar-refractivity contribution in [2.75, 3.05) is 0 Å². The Bertz CT molecular complexity index is 720. The molecule has 0 saturated heterocycles. The molecule has 3 heteroatoms. The topological polar surface area (TPSA) is 48.1 Å². The SMILES string of the molecule is NCc1ccccc1OCc1ccnc2ccccc12. The van der Waals surface area contributed by atoms with Crippen LogP contribution in [0.3, 0.4) is 0 Å². The standard InChI is InChI=1S/C17H16N2O/c18-11-13-5-1-4-8-17(13)20-12-14-9-10-19-16-7-3-2-6-15(14)16/h1-10H,11-12,18H2. The summed E-state index contributed by atoms with van der Waals surface area (Å²) in [5, 5.41) is 1.13. The van der Waals surface area contributed by atoms with Gasteiger partial charge in [-0.2, -0.15) is 0 Å². The molecule has 0 amide bonds. The van der Waals surface area contributed by atoms with Crippen LogP contribution in [0.2, 0.25) is 0 Å². The van der Waals surface area contributed by atoms with E-state index in [2.05, 4.69) is 11.1 Å². The van der Waals surface area contributed by atoms with E-state index in [0.717, 1.165) is 27.8 Å². The van der Waals surface area contributed by atoms with Crippen LogP contribution in [0.5, 0.6) is 5.75 Å². The third-order valence-corrected chi connectivity index (χ3v) is 3.32. The van der Waals surface area contributed by atoms with Gasteiger partial charge in [0.1, 0.15) is 12.4 Å². The average molecular weight is 264 g/mol. The van der Waals surface area contributed by atoms with Crippen molar-refractivity contribution in [3.8, 4) is 5.75 Å². The van der Waals surface area contributed by atoms with Gasteiger partial charge in [0.25, 0.3) is 0 Å². The normalized spacial score (nSPS) is 10.7. The molecule has 0 spiro atoms. The maximum Gasteiger partial charge on any atom is 0.124 e. The quantitative estimate of drug-likeness (QED) is 0.786. The lowest BCUT2D eigenvalue weighted by atomic mass is 10.1. The van der Waals surface area contributed by atoms with Crippen molar-refractivity contribution in [1.29, 1.82) is 0 Å². The molecular weight excluding hydrogens is 248 g/mol. The molecule has 20 heavy (non-hydrogen) atoms. The van der Waals surface area contributed by atoms with Crippen LogP contribution in [0.25, 0.3) is 10.9 Å². The predicted octanol–water partition coefficient (Wildman–Crippen LogP) is 3.27. The minimum atomic E-state index is 0.479. The van der Waals surface area contributed by atoms with Crippen molar-refractivity contribution in [3.63, 3.8) is 0 Å². The number of pyridine rings is 1. The Morgan fingerprint density at radius 2 is 1.70 bits per heavy atom. The number of fused-ring (bicyclic) bond motifs is 1. The second-order valence-corrected chi connectivity index (χ2v) is 4.59. The highest BCUT2D eigenvalue weighted by Crippen LogP contribution is 2.21. The molecule has 3 nitrogen and oxygen atoms in total. The molecular formula is C17H16N2O. The highest BCUT2D eigenvalue weighted by molar-refractivity contribution is 5.81. The molecule has 0 bridgehead atoms. The molecule has 3 aromatic rings. The van der Waals surface area contributed by atoms with E-state index in [1.54, 1.807) is 0 Å². The van der Waals surface area contributed by atoms with Crippen LogP contribution in [0.1, 0.15) is 11.1 Å². The molecule has 0 unspecified atom stereocenters. The Labute approximate surface area is 118 Å². The Morgan fingerprint density at radius 1 is 0.900 bits per heavy atom. The predicted molar refractivity (Wildman–Crippen MR) is 80.4 cm³/mol. The van der Waals surface area contributed by atoms with Crippen LogP contribution in [0, 0.1) is 0 Å². The van der Waals surface area contributed by atoms with Gasteiger partial charge in [-0.25, -0.2) is 0 Å². The zero-order chi connectivity index (χ0) is 13.8. The van der Waals surface area contributed by atoms with E-state index in [0.29, 0.717) is 13.2 Å². The monoisotopic (exact) mass is 264 g/mol. The fourth-order valence-electron chi connectivity index (χ4n) is 2.25. The number of para-hydroxylation sites is 2. The average Bonchev–Trinajstić information content (AvgIpc) is 2.53. The van der Waals surface area contributed by atoms with Gasteiger partial charge in [-0.3, -0.25) is 4.98 Å². The number of nitrogens with two attached hydrogens (primary N) is 1. The van der Waals surface area contributed by atoms with E-state index in [4.69, 9.17) is 10.5 Å². The van der Waals surface area contributed by atoms with E-state index in [1.165, 1.54) is 0 Å². The number of hydrogen-bond acceptors (Lipinski definition) is 3. The smallest absolute Gasteiger partial charge is 0.124 e. The van der Waals surface area contributed by atoms with E-state index in [-0.39, 0.29) is 0 Å². The number of rotatable bonds is 4. The van der Waals surface area contributed by atoms with Gasteiger partial charge in [0, 0.05) is 29.3 Å². The first-order valence-electron chi connectivity index (χ1n) is 6.62. The first kappa shape index (κ1) is 12.6. The van der Waals surface area contributed by atoms with E-state index >= 15 is 0 Å². The molecule has 1 heterocycles. The highest BCUT2D eigenvalue weighted by atomic mass is 16.5. The molecule has 0 radical (unpaired) electrons. The second-order valence-electron chi connectivity index (χ2n) is 4.59. The third-order valence-electron chi connectivity index (χ3n) is 3.32. The molecule has 2 N–H and O–H groups in total. The molecule has 2 aromatic carbocycles. The van der Waals surface area contributed by atoms with Crippen molar-refractivity contribution in [2.45, 2.75) is 13.2 Å². The molecule has 0 aliphatic heterocycles. The Balaban J connectivity index is 1.87. The lowest BCUT2D eigenvalue weighted by Crippen LogP contribution is -2.03. The summed E-state index contributed by atoms with van der Waals surface area (Å²) in [7, 11) is 0. The number of hydrogen-bond donors (Lipinski definition) is 1. The zero-order valence-corrected chi connectivity index (χ0v) is 11.1. The first-order chi connectivity index (χ1) is 9.88. The Morgan fingerprint density at radius 3 is 2.60 bits per heavy atom. The number of ether oxygens (including phenoxy) is 1. The number of nitrogens with zero attached hydrogens (tertiary/aromatic N) is 1. The Kier molecular flexibility index (Phi) is 3.61. The fraction of sp³-hybridized carbons (Fsp3) is 0.118. The maximum absolute atomic E-state index is 5.91. The number of benzene rings is 2. The first-order valence-corrected chi connectivity index (χ1v) is 6.62. The van der Waals surface area contributed by atoms with Crippen LogP contribution in [-0.4, -0.2) is 4.98 Å². The summed E-state index contributed by atoms with van der Waals surface area (Å²) >= 11 is 0.